The molecular formula is C21H23N3O4S2. The van der Waals surface area contributed by atoms with Crippen molar-refractivity contribution in [3.63, 3.8) is 0 Å². The van der Waals surface area contributed by atoms with E-state index in [0.29, 0.717) is 17.0 Å². The Morgan fingerprint density at radius 3 is 2.53 bits per heavy atom. The Labute approximate surface area is 180 Å². The molecule has 3 rings (SSSR count). The molecule has 3 aromatic rings. The molecule has 0 fully saturated rings. The molecule has 1 heterocycles. The number of benzene rings is 2. The van der Waals surface area contributed by atoms with E-state index in [2.05, 4.69) is 10.5 Å². The number of carbonyl (C=O) groups excluding carboxylic acids is 1. The van der Waals surface area contributed by atoms with Gasteiger partial charge in [0.15, 0.2) is 0 Å². The van der Waals surface area contributed by atoms with Crippen molar-refractivity contribution in [2.75, 3.05) is 19.4 Å². The minimum Gasteiger partial charge on any atom is -0.361 e. The third-order valence-electron chi connectivity index (χ3n) is 4.56. The van der Waals surface area contributed by atoms with Crippen molar-refractivity contribution in [3.8, 4) is 0 Å². The van der Waals surface area contributed by atoms with Gasteiger partial charge >= 0.3 is 0 Å². The smallest absolute Gasteiger partial charge is 0.256 e. The molecule has 0 aliphatic carbocycles. The summed E-state index contributed by atoms with van der Waals surface area (Å²) in [4.78, 5) is 13.8. The molecule has 0 saturated heterocycles. The van der Waals surface area contributed by atoms with E-state index in [9.17, 15) is 13.2 Å². The van der Waals surface area contributed by atoms with Crippen LogP contribution in [0.5, 0.6) is 0 Å². The van der Waals surface area contributed by atoms with Gasteiger partial charge in [0.2, 0.25) is 10.0 Å². The number of aromatic nitrogens is 1. The van der Waals surface area contributed by atoms with Gasteiger partial charge in [-0.25, -0.2) is 12.7 Å². The summed E-state index contributed by atoms with van der Waals surface area (Å²) in [7, 11) is -0.656. The number of carbonyl (C=O) groups is 1. The lowest BCUT2D eigenvalue weighted by Gasteiger charge is -2.13. The Hall–Kier alpha value is -2.62. The largest absolute Gasteiger partial charge is 0.361 e. The van der Waals surface area contributed by atoms with Crippen molar-refractivity contribution in [2.45, 2.75) is 29.4 Å². The lowest BCUT2D eigenvalue weighted by Crippen LogP contribution is -2.22. The molecule has 0 unspecified atom stereocenters. The monoisotopic (exact) mass is 445 g/mol. The summed E-state index contributed by atoms with van der Waals surface area (Å²) in [6.45, 7) is 3.75. The summed E-state index contributed by atoms with van der Waals surface area (Å²) in [5.74, 6) is 1.08. The maximum atomic E-state index is 12.9. The summed E-state index contributed by atoms with van der Waals surface area (Å²) in [6, 6.07) is 13.5. The number of amides is 1. The Morgan fingerprint density at radius 2 is 1.87 bits per heavy atom. The minimum atomic E-state index is -3.59. The molecule has 0 aliphatic heterocycles. The fourth-order valence-electron chi connectivity index (χ4n) is 2.78. The first kappa shape index (κ1) is 22.1. The molecule has 0 saturated carbocycles. The topological polar surface area (TPSA) is 92.5 Å². The van der Waals surface area contributed by atoms with Crippen LogP contribution in [0.1, 0.15) is 27.4 Å². The zero-order valence-corrected chi connectivity index (χ0v) is 18.8. The first-order chi connectivity index (χ1) is 14.2. The van der Waals surface area contributed by atoms with Gasteiger partial charge in [-0.1, -0.05) is 23.4 Å². The Balaban J connectivity index is 1.80. The molecule has 2 aromatic carbocycles. The normalized spacial score (nSPS) is 11.6. The predicted molar refractivity (Wildman–Crippen MR) is 117 cm³/mol. The number of aryl methyl sites for hydroxylation is 2. The molecule has 0 spiro atoms. The highest BCUT2D eigenvalue weighted by atomic mass is 32.2. The average molecular weight is 446 g/mol. The highest BCUT2D eigenvalue weighted by Gasteiger charge is 2.19. The molecule has 1 N–H and O–H groups in total. The van der Waals surface area contributed by atoms with Crippen LogP contribution in [0.4, 0.5) is 5.69 Å². The number of hydrogen-bond acceptors (Lipinski definition) is 6. The standard InChI is InChI=1S/C21H23N3O4S2/c1-14-19(15(2)28-23-14)13-29-20-11-6-5-10-18(20)21(25)22-16-8-7-9-17(12-16)30(26,27)24(3)4/h5-12H,13H2,1-4H3,(H,22,25). The van der Waals surface area contributed by atoms with Gasteiger partial charge in [0.25, 0.3) is 5.91 Å². The minimum absolute atomic E-state index is 0.117. The molecule has 0 radical (unpaired) electrons. The van der Waals surface area contributed by atoms with Crippen molar-refractivity contribution < 1.29 is 17.7 Å². The van der Waals surface area contributed by atoms with Crippen molar-refractivity contribution in [3.05, 3.63) is 71.1 Å². The third kappa shape index (κ3) is 4.75. The molecule has 7 nitrogen and oxygen atoms in total. The number of nitrogens with zero attached hydrogens (tertiary/aromatic N) is 2. The van der Waals surface area contributed by atoms with Crippen molar-refractivity contribution >= 4 is 33.4 Å². The van der Waals surface area contributed by atoms with E-state index in [1.807, 2.05) is 26.0 Å². The summed E-state index contributed by atoms with van der Waals surface area (Å²) in [5, 5.41) is 6.76. The quantitative estimate of drug-likeness (QED) is 0.551. The highest BCUT2D eigenvalue weighted by molar-refractivity contribution is 7.98. The van der Waals surface area contributed by atoms with Crippen LogP contribution in [-0.2, 0) is 15.8 Å². The zero-order valence-electron chi connectivity index (χ0n) is 17.2. The van der Waals surface area contributed by atoms with E-state index < -0.39 is 10.0 Å². The van der Waals surface area contributed by atoms with E-state index in [1.165, 1.54) is 38.0 Å². The summed E-state index contributed by atoms with van der Waals surface area (Å²) >= 11 is 1.52. The lowest BCUT2D eigenvalue weighted by molar-refractivity contribution is 0.102. The van der Waals surface area contributed by atoms with Gasteiger partial charge in [-0.2, -0.15) is 0 Å². The van der Waals surface area contributed by atoms with Crippen LogP contribution in [0.25, 0.3) is 0 Å². The first-order valence-electron chi connectivity index (χ1n) is 9.17. The van der Waals surface area contributed by atoms with Crippen molar-refractivity contribution in [1.29, 1.82) is 0 Å². The van der Waals surface area contributed by atoms with Crippen LogP contribution in [0.15, 0.2) is 62.8 Å². The number of hydrogen-bond donors (Lipinski definition) is 1. The number of rotatable bonds is 7. The lowest BCUT2D eigenvalue weighted by atomic mass is 10.2. The van der Waals surface area contributed by atoms with E-state index in [1.54, 1.807) is 24.3 Å². The van der Waals surface area contributed by atoms with Crippen LogP contribution >= 0.6 is 11.8 Å². The molecule has 0 aliphatic rings. The number of thioether (sulfide) groups is 1. The second kappa shape index (κ2) is 9.03. The van der Waals surface area contributed by atoms with Crippen LogP contribution in [-0.4, -0.2) is 37.9 Å². The summed E-state index contributed by atoms with van der Waals surface area (Å²) in [5.41, 5.74) is 2.77. The second-order valence-corrected chi connectivity index (χ2v) is 10.0. The van der Waals surface area contributed by atoms with Gasteiger partial charge in [0.1, 0.15) is 5.76 Å². The molecule has 30 heavy (non-hydrogen) atoms. The summed E-state index contributed by atoms with van der Waals surface area (Å²) < 4.78 is 31.0. The average Bonchev–Trinajstić information content (AvgIpc) is 3.04. The SMILES string of the molecule is Cc1noc(C)c1CSc1ccccc1C(=O)Nc1cccc(S(=O)(=O)N(C)C)c1. The molecular weight excluding hydrogens is 422 g/mol. The molecule has 1 aromatic heterocycles. The molecule has 1 amide bonds. The van der Waals surface area contributed by atoms with Gasteiger partial charge < -0.3 is 9.84 Å². The molecule has 0 bridgehead atoms. The van der Waals surface area contributed by atoms with E-state index in [4.69, 9.17) is 4.52 Å². The van der Waals surface area contributed by atoms with Gasteiger partial charge in [0, 0.05) is 36.0 Å². The maximum absolute atomic E-state index is 12.9. The van der Waals surface area contributed by atoms with Crippen molar-refractivity contribution in [1.82, 2.24) is 9.46 Å². The Kier molecular flexibility index (Phi) is 6.64. The predicted octanol–water partition coefficient (Wildman–Crippen LogP) is 4.09. The number of sulfonamides is 1. The van der Waals surface area contributed by atoms with Crippen LogP contribution < -0.4 is 5.32 Å². The van der Waals surface area contributed by atoms with Crippen LogP contribution in [0, 0.1) is 13.8 Å². The third-order valence-corrected chi connectivity index (χ3v) is 7.47. The number of anilines is 1. The molecule has 158 valence electrons. The number of nitrogens with one attached hydrogen (secondary N) is 1. The van der Waals surface area contributed by atoms with Gasteiger partial charge in [0.05, 0.1) is 16.2 Å². The second-order valence-electron chi connectivity index (χ2n) is 6.86. The van der Waals surface area contributed by atoms with Crippen molar-refractivity contribution in [2.24, 2.45) is 0 Å². The van der Waals surface area contributed by atoms with Gasteiger partial charge in [-0.3, -0.25) is 4.79 Å². The van der Waals surface area contributed by atoms with E-state index >= 15 is 0 Å². The van der Waals surface area contributed by atoms with E-state index in [0.717, 1.165) is 26.2 Å². The van der Waals surface area contributed by atoms with Crippen LogP contribution in [0.3, 0.4) is 0 Å². The molecule has 0 atom stereocenters. The zero-order chi connectivity index (χ0) is 21.9. The first-order valence-corrected chi connectivity index (χ1v) is 11.6. The fraction of sp³-hybridized carbons (Fsp3) is 0.238. The van der Waals surface area contributed by atoms with Crippen LogP contribution in [0.2, 0.25) is 0 Å². The summed E-state index contributed by atoms with van der Waals surface area (Å²) in [6.07, 6.45) is 0. The molecule has 9 heteroatoms. The fourth-order valence-corrected chi connectivity index (χ4v) is 4.93. The Morgan fingerprint density at radius 1 is 1.13 bits per heavy atom. The van der Waals surface area contributed by atoms with Gasteiger partial charge in [-0.05, 0) is 44.2 Å². The van der Waals surface area contributed by atoms with E-state index in [-0.39, 0.29) is 10.8 Å². The highest BCUT2D eigenvalue weighted by Crippen LogP contribution is 2.29. The van der Waals surface area contributed by atoms with Gasteiger partial charge in [-0.15, -0.1) is 11.8 Å². The Bertz CT molecular complexity index is 1150. The maximum Gasteiger partial charge on any atom is 0.256 e.